The zero-order valence-corrected chi connectivity index (χ0v) is 19.7. The van der Waals surface area contributed by atoms with Gasteiger partial charge in [0.25, 0.3) is 0 Å². The van der Waals surface area contributed by atoms with Crippen LogP contribution < -0.4 is 15.9 Å². The third-order valence-corrected chi connectivity index (χ3v) is 9.36. The number of pyridine rings is 1. The molecule has 0 N–H and O–H groups in total. The van der Waals surface area contributed by atoms with Gasteiger partial charge in [-0.05, 0) is 23.8 Å². The smallest absolute Gasteiger partial charge is 0.0719 e. The largest absolute Gasteiger partial charge is 0.264 e. The van der Waals surface area contributed by atoms with Crippen molar-refractivity contribution in [3.05, 3.63) is 157 Å². The molecule has 0 saturated carbocycles. The molecular formula is C31H25N2P. The second kappa shape index (κ2) is 10.3. The molecule has 0 bridgehead atoms. The Kier molecular flexibility index (Phi) is 6.61. The molecule has 0 unspecified atom stereocenters. The first kappa shape index (κ1) is 21.8. The number of rotatable bonds is 6. The van der Waals surface area contributed by atoms with E-state index in [1.807, 2.05) is 18.3 Å². The van der Waals surface area contributed by atoms with Crippen LogP contribution >= 0.6 is 7.05 Å². The van der Waals surface area contributed by atoms with Crippen molar-refractivity contribution in [1.29, 1.82) is 0 Å². The first-order valence-corrected chi connectivity index (χ1v) is 13.1. The average Bonchev–Trinajstić information content (AvgIpc) is 2.93. The molecule has 0 spiro atoms. The molecule has 0 aliphatic heterocycles. The van der Waals surface area contributed by atoms with Crippen LogP contribution in [0.4, 0.5) is 0 Å². The topological polar surface area (TPSA) is 25.2 Å². The van der Waals surface area contributed by atoms with Gasteiger partial charge in [0.15, 0.2) is 0 Å². The van der Waals surface area contributed by atoms with E-state index in [9.17, 15) is 0 Å². The maximum Gasteiger partial charge on any atom is 0.0719 e. The number of aromatic nitrogens is 1. The van der Waals surface area contributed by atoms with E-state index >= 15 is 0 Å². The Hall–Kier alpha value is -4.00. The molecule has 0 aliphatic carbocycles. The highest BCUT2D eigenvalue weighted by molar-refractivity contribution is 7.87. The Labute approximate surface area is 201 Å². The Bertz CT molecular complexity index is 1310. The highest BCUT2D eigenvalue weighted by Gasteiger charge is 2.28. The summed E-state index contributed by atoms with van der Waals surface area (Å²) in [6.45, 7) is 0. The van der Waals surface area contributed by atoms with Crippen LogP contribution in [0.3, 0.4) is 0 Å². The molecule has 0 amide bonds. The monoisotopic (exact) mass is 456 g/mol. The van der Waals surface area contributed by atoms with Crippen molar-refractivity contribution in [3.8, 4) is 0 Å². The highest BCUT2D eigenvalue weighted by atomic mass is 31.2. The predicted molar refractivity (Wildman–Crippen MR) is 146 cm³/mol. The lowest BCUT2D eigenvalue weighted by molar-refractivity contribution is 1.30. The fraction of sp³-hybridized carbons (Fsp3) is 0. The van der Waals surface area contributed by atoms with E-state index in [-0.39, 0.29) is 0 Å². The summed E-state index contributed by atoms with van der Waals surface area (Å²) in [4.78, 5) is 4.41. The maximum atomic E-state index is 5.72. The Balaban J connectivity index is 1.90. The molecule has 3 heteroatoms. The van der Waals surface area contributed by atoms with Gasteiger partial charge >= 0.3 is 0 Å². The maximum absolute atomic E-state index is 5.72. The van der Waals surface area contributed by atoms with Crippen LogP contribution in [0.1, 0.15) is 11.1 Å². The standard InChI is InChI=1S/C31H25N2P/c1-5-14-26(15-6-1)24-31(27-16-13-23-32-25-27)33-34(28-17-7-2-8-18-28,29-19-9-3-10-20-29)30-21-11-4-12-22-30/h1-25H/b31-24-. The zero-order valence-electron chi connectivity index (χ0n) is 18.8. The molecule has 0 saturated heterocycles. The molecule has 0 fully saturated rings. The van der Waals surface area contributed by atoms with E-state index in [4.69, 9.17) is 4.74 Å². The van der Waals surface area contributed by atoms with Crippen LogP contribution in [0.2, 0.25) is 0 Å². The van der Waals surface area contributed by atoms with Gasteiger partial charge in [-0.1, -0.05) is 121 Å². The quantitative estimate of drug-likeness (QED) is 0.259. The molecule has 0 aliphatic rings. The third kappa shape index (κ3) is 4.55. The molecule has 34 heavy (non-hydrogen) atoms. The minimum atomic E-state index is -2.38. The van der Waals surface area contributed by atoms with E-state index in [1.54, 1.807) is 6.20 Å². The summed E-state index contributed by atoms with van der Waals surface area (Å²) in [5.74, 6) is 0. The highest BCUT2D eigenvalue weighted by Crippen LogP contribution is 2.49. The van der Waals surface area contributed by atoms with E-state index < -0.39 is 7.05 Å². The molecule has 5 aromatic rings. The summed E-state index contributed by atoms with van der Waals surface area (Å²) in [6, 6.07) is 46.5. The molecule has 1 aromatic heterocycles. The van der Waals surface area contributed by atoms with Crippen LogP contribution in [-0.2, 0) is 0 Å². The van der Waals surface area contributed by atoms with Gasteiger partial charge in [0.05, 0.1) is 12.8 Å². The molecule has 164 valence electrons. The second-order valence-corrected chi connectivity index (χ2v) is 10.9. The summed E-state index contributed by atoms with van der Waals surface area (Å²) in [6.07, 6.45) is 5.87. The van der Waals surface area contributed by atoms with E-state index in [0.717, 1.165) is 16.8 Å². The summed E-state index contributed by atoms with van der Waals surface area (Å²) >= 11 is 0. The number of hydrogen-bond acceptors (Lipinski definition) is 2. The van der Waals surface area contributed by atoms with Crippen molar-refractivity contribution in [2.75, 3.05) is 0 Å². The van der Waals surface area contributed by atoms with Gasteiger partial charge in [-0.25, -0.2) is 0 Å². The van der Waals surface area contributed by atoms with Gasteiger partial charge in [-0.3, -0.25) is 9.73 Å². The fourth-order valence-corrected chi connectivity index (χ4v) is 7.65. The number of nitrogens with zero attached hydrogens (tertiary/aromatic N) is 2. The van der Waals surface area contributed by atoms with Gasteiger partial charge in [0, 0.05) is 33.9 Å². The van der Waals surface area contributed by atoms with Crippen molar-refractivity contribution >= 4 is 34.7 Å². The van der Waals surface area contributed by atoms with Crippen molar-refractivity contribution in [3.63, 3.8) is 0 Å². The summed E-state index contributed by atoms with van der Waals surface area (Å²) in [5, 5.41) is 3.65. The van der Waals surface area contributed by atoms with Crippen LogP contribution in [0.25, 0.3) is 11.8 Å². The molecule has 5 rings (SSSR count). The first-order valence-electron chi connectivity index (χ1n) is 11.3. The van der Waals surface area contributed by atoms with E-state index in [2.05, 4.69) is 132 Å². The van der Waals surface area contributed by atoms with Crippen molar-refractivity contribution in [1.82, 2.24) is 4.98 Å². The van der Waals surface area contributed by atoms with Gasteiger partial charge < -0.3 is 0 Å². The van der Waals surface area contributed by atoms with Crippen molar-refractivity contribution < 1.29 is 0 Å². The molecule has 0 radical (unpaired) electrons. The van der Waals surface area contributed by atoms with Gasteiger partial charge in [0.2, 0.25) is 0 Å². The predicted octanol–water partition coefficient (Wildman–Crippen LogP) is 6.76. The minimum absolute atomic E-state index is 0.921. The molecule has 1 heterocycles. The van der Waals surface area contributed by atoms with E-state index in [0.29, 0.717) is 0 Å². The lowest BCUT2D eigenvalue weighted by atomic mass is 10.1. The normalized spacial score (nSPS) is 11.7. The molecule has 4 aromatic carbocycles. The van der Waals surface area contributed by atoms with Gasteiger partial charge in [0.1, 0.15) is 0 Å². The summed E-state index contributed by atoms with van der Waals surface area (Å²) in [5.41, 5.74) is 3.03. The molecule has 2 nitrogen and oxygen atoms in total. The Morgan fingerprint density at radius 1 is 0.559 bits per heavy atom. The van der Waals surface area contributed by atoms with Crippen LogP contribution in [0.15, 0.2) is 151 Å². The van der Waals surface area contributed by atoms with E-state index in [1.165, 1.54) is 15.9 Å². The van der Waals surface area contributed by atoms with Crippen molar-refractivity contribution in [2.45, 2.75) is 0 Å². The first-order chi connectivity index (χ1) is 16.9. The van der Waals surface area contributed by atoms with Crippen LogP contribution in [-0.4, -0.2) is 4.98 Å². The van der Waals surface area contributed by atoms with Crippen LogP contribution in [0, 0.1) is 0 Å². The number of hydrogen-bond donors (Lipinski definition) is 0. The lowest BCUT2D eigenvalue weighted by Gasteiger charge is -2.27. The summed E-state index contributed by atoms with van der Waals surface area (Å²) in [7, 11) is -2.38. The fourth-order valence-electron chi connectivity index (χ4n) is 4.10. The summed E-state index contributed by atoms with van der Waals surface area (Å²) < 4.78 is 5.72. The number of benzene rings is 4. The Morgan fingerprint density at radius 2 is 1.03 bits per heavy atom. The second-order valence-electron chi connectivity index (χ2n) is 7.92. The van der Waals surface area contributed by atoms with Crippen molar-refractivity contribution in [2.24, 2.45) is 4.74 Å². The molecular weight excluding hydrogens is 431 g/mol. The van der Waals surface area contributed by atoms with Gasteiger partial charge in [-0.15, -0.1) is 0 Å². The average molecular weight is 457 g/mol. The zero-order chi connectivity index (χ0) is 23.1. The Morgan fingerprint density at radius 3 is 1.47 bits per heavy atom. The van der Waals surface area contributed by atoms with Gasteiger partial charge in [-0.2, -0.15) is 0 Å². The van der Waals surface area contributed by atoms with Crippen LogP contribution in [0.5, 0.6) is 0 Å². The molecule has 0 atom stereocenters. The third-order valence-electron chi connectivity index (χ3n) is 5.71. The SMILES string of the molecule is C(=C(/N=P(c1ccccc1)(c1ccccc1)c1ccccc1)c1cccnc1)/c1ccccc1. The minimum Gasteiger partial charge on any atom is -0.264 e. The lowest BCUT2D eigenvalue weighted by Crippen LogP contribution is -2.25.